The maximum absolute atomic E-state index is 14.4. The quantitative estimate of drug-likeness (QED) is 0.156. The van der Waals surface area contributed by atoms with Crippen molar-refractivity contribution in [3.63, 3.8) is 0 Å². The predicted molar refractivity (Wildman–Crippen MR) is 245 cm³/mol. The van der Waals surface area contributed by atoms with Crippen LogP contribution >= 0.6 is 0 Å². The third kappa shape index (κ3) is 14.3. The highest BCUT2D eigenvalue weighted by Crippen LogP contribution is 2.38. The van der Waals surface area contributed by atoms with Crippen molar-refractivity contribution in [2.24, 2.45) is 35.5 Å². The topological polar surface area (TPSA) is 195 Å². The number of nitrogens with zero attached hydrogens (tertiary/aromatic N) is 1. The summed E-state index contributed by atoms with van der Waals surface area (Å²) in [5.74, 6) is -7.96. The normalized spacial score (nSPS) is 37.8. The molecule has 4 aliphatic rings. The lowest BCUT2D eigenvalue weighted by Crippen LogP contribution is -2.61. The molecule has 0 radical (unpaired) electrons. The highest BCUT2D eigenvalue weighted by Gasteiger charge is 2.53. The molecule has 0 aromatic rings. The predicted octanol–water partition coefficient (Wildman–Crippen LogP) is 6.18. The van der Waals surface area contributed by atoms with Gasteiger partial charge in [0.2, 0.25) is 5.79 Å². The van der Waals surface area contributed by atoms with Crippen LogP contribution in [0.4, 0.5) is 0 Å². The Kier molecular flexibility index (Phi) is 21.0. The van der Waals surface area contributed by atoms with Crippen LogP contribution in [0.1, 0.15) is 126 Å². The fourth-order valence-electron chi connectivity index (χ4n) is 10.1. The number of fused-ring (bicyclic) bond motifs is 3. The van der Waals surface area contributed by atoms with E-state index in [1.54, 1.807) is 41.1 Å². The Labute approximate surface area is 387 Å². The Balaban J connectivity index is 1.70. The molecule has 1 saturated carbocycles. The Morgan fingerprint density at radius 1 is 0.846 bits per heavy atom. The summed E-state index contributed by atoms with van der Waals surface area (Å²) >= 11 is 0. The number of ether oxygens (including phenoxy) is 5. The second-order valence-electron chi connectivity index (χ2n) is 19.6. The first kappa shape index (κ1) is 54.2. The molecule has 0 aromatic heterocycles. The molecule has 3 heterocycles. The first-order chi connectivity index (χ1) is 30.7. The van der Waals surface area contributed by atoms with Gasteiger partial charge in [-0.3, -0.25) is 19.2 Å². The third-order valence-electron chi connectivity index (χ3n) is 14.5. The highest BCUT2D eigenvalue weighted by molar-refractivity contribution is 6.39. The molecule has 3 N–H and O–H groups in total. The highest BCUT2D eigenvalue weighted by atomic mass is 16.6. The monoisotopic (exact) mass is 914 g/mol. The lowest BCUT2D eigenvalue weighted by molar-refractivity contribution is -0.265. The van der Waals surface area contributed by atoms with Crippen LogP contribution in [0, 0.1) is 35.5 Å². The largest absolute Gasteiger partial charge is 0.460 e. The number of hydrogen-bond acceptors (Lipinski definition) is 13. The summed E-state index contributed by atoms with van der Waals surface area (Å²) in [7, 11) is 4.52. The fraction of sp³-hybridized carbons (Fsp3) is 0.745. The molecule has 3 aliphatic heterocycles. The second kappa shape index (κ2) is 25.1. The maximum Gasteiger partial charge on any atom is 0.329 e. The van der Waals surface area contributed by atoms with Crippen LogP contribution in [0.15, 0.2) is 47.6 Å². The minimum atomic E-state index is -2.43. The minimum absolute atomic E-state index is 0.0193. The van der Waals surface area contributed by atoms with E-state index in [1.165, 1.54) is 12.0 Å². The van der Waals surface area contributed by atoms with Crippen molar-refractivity contribution in [2.75, 3.05) is 27.9 Å². The Hall–Kier alpha value is -3.37. The zero-order valence-electron chi connectivity index (χ0n) is 40.6. The molecule has 3 fully saturated rings. The average Bonchev–Trinajstić information content (AvgIpc) is 3.28. The molecule has 14 nitrogen and oxygen atoms in total. The van der Waals surface area contributed by atoms with Crippen LogP contribution < -0.4 is 0 Å². The number of cyclic esters (lactones) is 1. The van der Waals surface area contributed by atoms with Crippen molar-refractivity contribution in [2.45, 2.75) is 180 Å². The van der Waals surface area contributed by atoms with E-state index in [4.69, 9.17) is 23.7 Å². The number of aliphatic hydroxyl groups is 3. The summed E-state index contributed by atoms with van der Waals surface area (Å²) in [5, 5.41) is 33.8. The van der Waals surface area contributed by atoms with E-state index in [0.717, 1.165) is 12.0 Å². The molecule has 65 heavy (non-hydrogen) atoms. The summed E-state index contributed by atoms with van der Waals surface area (Å²) in [5.41, 5.74) is 1.27. The van der Waals surface area contributed by atoms with Gasteiger partial charge in [0, 0.05) is 58.5 Å². The van der Waals surface area contributed by atoms with E-state index in [9.17, 15) is 39.3 Å². The number of ketones is 3. The number of hydrogen-bond donors (Lipinski definition) is 3. The van der Waals surface area contributed by atoms with Crippen molar-refractivity contribution >= 4 is 29.2 Å². The smallest absolute Gasteiger partial charge is 0.329 e. The Morgan fingerprint density at radius 3 is 2.25 bits per heavy atom. The van der Waals surface area contributed by atoms with E-state index < -0.39 is 83.9 Å². The lowest BCUT2D eigenvalue weighted by Gasteiger charge is -2.42. The number of esters is 1. The van der Waals surface area contributed by atoms with Crippen molar-refractivity contribution in [1.29, 1.82) is 0 Å². The molecule has 0 spiro atoms. The van der Waals surface area contributed by atoms with Gasteiger partial charge in [-0.05, 0) is 107 Å². The Bertz CT molecular complexity index is 1760. The van der Waals surface area contributed by atoms with Gasteiger partial charge >= 0.3 is 5.97 Å². The second-order valence-corrected chi connectivity index (χ2v) is 19.6. The van der Waals surface area contributed by atoms with Gasteiger partial charge in [0.15, 0.2) is 5.78 Å². The van der Waals surface area contributed by atoms with Crippen molar-refractivity contribution in [3.05, 3.63) is 47.6 Å². The summed E-state index contributed by atoms with van der Waals surface area (Å²) in [6.07, 6.45) is 11.2. The number of carbonyl (C=O) groups excluding carboxylic acids is 5. The molecular weight excluding hydrogens is 835 g/mol. The van der Waals surface area contributed by atoms with Gasteiger partial charge in [-0.15, -0.1) is 0 Å². The average molecular weight is 914 g/mol. The standard InChI is InChI=1S/C51H79NO13/c1-30-16-12-11-13-17-31(2)42(61-8)28-38-21-19-36(7)51(60,65-38)48(57)49(58)52-23-15-14-18-39(52)50(59)64-43(33(4)26-37-20-22-40(53)44(27-37)62-9)29-41(54)32(3)25-35(6)46(56)47(63-10)45(55)34(5)24-30/h11-13,16-17,25,30,32-34,36-40,42-44,46-47,53,56,60H,14-15,18-24,26-29H2,1-10H3/t30-,32-,33-,34-,36-,37+,38+,39?,40?,42+,43+,44-,46-,47+,51-/m1/s1. The number of Topliss-reactive ketones (excluding diaryl/α,β-unsaturated/α-hetero) is 3. The molecule has 1 aliphatic carbocycles. The molecule has 4 rings (SSSR count). The van der Waals surface area contributed by atoms with Crippen molar-refractivity contribution in [3.8, 4) is 0 Å². The maximum atomic E-state index is 14.4. The summed E-state index contributed by atoms with van der Waals surface area (Å²) in [6.45, 7) is 12.7. The number of aliphatic hydroxyl groups excluding tert-OH is 2. The molecule has 2 saturated heterocycles. The van der Waals surface area contributed by atoms with E-state index in [0.29, 0.717) is 63.4 Å². The SMILES string of the molecule is CO[C@H]1C[C@@H]2CC[C@@H](C)[C@@](O)(O2)C(=O)C(=O)N2CCCCC2C(=O)O[C@H]([C@H](C)C[C@@H]2CCC(O)[C@H](OC)C2)CC(=O)[C@H](C)C=C(C)[C@@H](O)[C@@H](OC)C(=O)[C@H](C)C[C@H](C)C=CC=CC=C1C. The van der Waals surface area contributed by atoms with Gasteiger partial charge in [-0.25, -0.2) is 4.79 Å². The van der Waals surface area contributed by atoms with Crippen LogP contribution in [0.25, 0.3) is 0 Å². The minimum Gasteiger partial charge on any atom is -0.460 e. The van der Waals surface area contributed by atoms with E-state index in [2.05, 4.69) is 0 Å². The Morgan fingerprint density at radius 2 is 1.57 bits per heavy atom. The number of methoxy groups -OCH3 is 3. The number of amides is 1. The summed E-state index contributed by atoms with van der Waals surface area (Å²) in [6, 6.07) is -1.14. The van der Waals surface area contributed by atoms with E-state index in [1.807, 2.05) is 58.1 Å². The number of piperidine rings is 1. The van der Waals surface area contributed by atoms with Crippen LogP contribution in [0.2, 0.25) is 0 Å². The molecule has 15 atom stereocenters. The molecular formula is C51H79NO13. The van der Waals surface area contributed by atoms with Gasteiger partial charge in [0.05, 0.1) is 24.4 Å². The number of carbonyl (C=O) groups is 5. The third-order valence-corrected chi connectivity index (χ3v) is 14.5. The van der Waals surface area contributed by atoms with Crippen LogP contribution in [0.5, 0.6) is 0 Å². The van der Waals surface area contributed by atoms with Gasteiger partial charge in [0.1, 0.15) is 30.1 Å². The molecule has 14 heteroatoms. The zero-order valence-corrected chi connectivity index (χ0v) is 40.6. The molecule has 0 aromatic carbocycles. The molecule has 2 bridgehead atoms. The van der Waals surface area contributed by atoms with Gasteiger partial charge < -0.3 is 43.9 Å². The molecule has 366 valence electrons. The van der Waals surface area contributed by atoms with Gasteiger partial charge in [-0.1, -0.05) is 71.1 Å². The van der Waals surface area contributed by atoms with E-state index >= 15 is 0 Å². The van der Waals surface area contributed by atoms with Crippen molar-refractivity contribution in [1.82, 2.24) is 4.90 Å². The van der Waals surface area contributed by atoms with Crippen LogP contribution in [0.3, 0.4) is 0 Å². The summed E-state index contributed by atoms with van der Waals surface area (Å²) in [4.78, 5) is 71.8. The zero-order chi connectivity index (χ0) is 48.2. The van der Waals surface area contributed by atoms with Crippen LogP contribution in [-0.2, 0) is 47.7 Å². The number of rotatable bonds is 6. The van der Waals surface area contributed by atoms with Crippen molar-refractivity contribution < 1.29 is 63.0 Å². The van der Waals surface area contributed by atoms with Gasteiger partial charge in [0.25, 0.3) is 11.7 Å². The first-order valence-corrected chi connectivity index (χ1v) is 23.9. The molecule has 1 amide bonds. The lowest BCUT2D eigenvalue weighted by atomic mass is 9.78. The first-order valence-electron chi connectivity index (χ1n) is 23.9. The summed E-state index contributed by atoms with van der Waals surface area (Å²) < 4.78 is 29.4. The fourth-order valence-corrected chi connectivity index (χ4v) is 10.1. The number of allylic oxidation sites excluding steroid dienone is 6. The van der Waals surface area contributed by atoms with Gasteiger partial charge in [-0.2, -0.15) is 0 Å². The van der Waals surface area contributed by atoms with Crippen LogP contribution in [-0.4, -0.2) is 132 Å². The van der Waals surface area contributed by atoms with E-state index in [-0.39, 0.29) is 54.8 Å². The molecule has 2 unspecified atom stereocenters.